The summed E-state index contributed by atoms with van der Waals surface area (Å²) < 4.78 is 0. The Morgan fingerprint density at radius 2 is 1.63 bits per heavy atom. The van der Waals surface area contributed by atoms with E-state index in [2.05, 4.69) is 116 Å². The normalized spacial score (nSPS) is 18.5. The number of fused-ring (bicyclic) bond motifs is 2. The zero-order valence-corrected chi connectivity index (χ0v) is 17.7. The molecule has 0 atom stereocenters. The zero-order valence-electron chi connectivity index (χ0n) is 17.7. The molecule has 3 aliphatic rings. The van der Waals surface area contributed by atoms with Crippen LogP contribution in [0, 0.1) is 0 Å². The minimum absolute atomic E-state index is 0.0526. The van der Waals surface area contributed by atoms with E-state index in [9.17, 15) is 0 Å². The van der Waals surface area contributed by atoms with Crippen LogP contribution < -0.4 is 5.32 Å². The second-order valence-electron chi connectivity index (χ2n) is 8.66. The predicted octanol–water partition coefficient (Wildman–Crippen LogP) is 7.89. The Hall–Kier alpha value is -3.32. The quantitative estimate of drug-likeness (QED) is 0.563. The molecule has 5 rings (SSSR count). The largest absolute Gasteiger partial charge is 0.356 e. The first-order valence-electron chi connectivity index (χ1n) is 10.8. The molecular weight excluding hydrogens is 362 g/mol. The van der Waals surface area contributed by atoms with Gasteiger partial charge in [0.2, 0.25) is 0 Å². The smallest absolute Gasteiger partial charge is 0.0387 e. The van der Waals surface area contributed by atoms with Crippen molar-refractivity contribution >= 4 is 22.5 Å². The summed E-state index contributed by atoms with van der Waals surface area (Å²) in [5.74, 6) is 0. The molecule has 1 N–H and O–H groups in total. The minimum atomic E-state index is 0.0526. The molecule has 0 saturated heterocycles. The first-order valence-corrected chi connectivity index (χ1v) is 10.8. The fraction of sp³-hybridized carbons (Fsp3) is 0.172. The van der Waals surface area contributed by atoms with Gasteiger partial charge in [0.05, 0.1) is 0 Å². The van der Waals surface area contributed by atoms with E-state index in [-0.39, 0.29) is 5.41 Å². The summed E-state index contributed by atoms with van der Waals surface area (Å²) in [4.78, 5) is 0. The standard InChI is InChI=1S/C29H27N/c1-29(2)27-13-9-5-8-12-25(27)26-19-18-24(20-28(26)29)30-23-16-14-22(15-17-23)21-10-6-3-4-7-11-21/h3,5-12,14-20,30H,4,13H2,1-2H3. The molecule has 2 aromatic rings. The van der Waals surface area contributed by atoms with Gasteiger partial charge in [-0.15, -0.1) is 0 Å². The molecule has 0 heterocycles. The van der Waals surface area contributed by atoms with Gasteiger partial charge in [0, 0.05) is 16.8 Å². The lowest BCUT2D eigenvalue weighted by molar-refractivity contribution is 0.626. The molecule has 2 aromatic carbocycles. The van der Waals surface area contributed by atoms with Gasteiger partial charge in [-0.1, -0.05) is 86.7 Å². The number of allylic oxidation sites excluding steroid dienone is 12. The van der Waals surface area contributed by atoms with E-state index in [0.29, 0.717) is 0 Å². The van der Waals surface area contributed by atoms with Crippen LogP contribution in [0.5, 0.6) is 0 Å². The van der Waals surface area contributed by atoms with E-state index in [1.165, 1.54) is 33.4 Å². The summed E-state index contributed by atoms with van der Waals surface area (Å²) in [7, 11) is 0. The van der Waals surface area contributed by atoms with Gasteiger partial charge in [-0.2, -0.15) is 0 Å². The van der Waals surface area contributed by atoms with Crippen molar-refractivity contribution in [2.24, 2.45) is 0 Å². The number of benzene rings is 2. The van der Waals surface area contributed by atoms with E-state index in [4.69, 9.17) is 0 Å². The Morgan fingerprint density at radius 1 is 0.800 bits per heavy atom. The fourth-order valence-electron chi connectivity index (χ4n) is 4.69. The fourth-order valence-corrected chi connectivity index (χ4v) is 4.69. The average Bonchev–Trinajstić information content (AvgIpc) is 3.08. The van der Waals surface area contributed by atoms with Gasteiger partial charge in [0.1, 0.15) is 0 Å². The lowest BCUT2D eigenvalue weighted by Gasteiger charge is -2.24. The van der Waals surface area contributed by atoms with Crippen molar-refractivity contribution in [1.29, 1.82) is 0 Å². The van der Waals surface area contributed by atoms with Gasteiger partial charge in [0.15, 0.2) is 0 Å². The summed E-state index contributed by atoms with van der Waals surface area (Å²) in [5.41, 5.74) is 10.5. The molecule has 0 bridgehead atoms. The van der Waals surface area contributed by atoms with Crippen molar-refractivity contribution in [2.75, 3.05) is 5.32 Å². The van der Waals surface area contributed by atoms with E-state index in [1.807, 2.05) is 0 Å². The van der Waals surface area contributed by atoms with Crippen molar-refractivity contribution in [3.8, 4) is 0 Å². The van der Waals surface area contributed by atoms with Gasteiger partial charge in [-0.05, 0) is 70.5 Å². The molecule has 0 aromatic heterocycles. The first kappa shape index (κ1) is 18.7. The maximum atomic E-state index is 3.61. The van der Waals surface area contributed by atoms with Crippen LogP contribution in [0.4, 0.5) is 11.4 Å². The monoisotopic (exact) mass is 389 g/mol. The minimum Gasteiger partial charge on any atom is -0.356 e. The van der Waals surface area contributed by atoms with E-state index >= 15 is 0 Å². The Morgan fingerprint density at radius 3 is 2.50 bits per heavy atom. The van der Waals surface area contributed by atoms with Crippen LogP contribution in [0.3, 0.4) is 0 Å². The topological polar surface area (TPSA) is 12.0 Å². The molecule has 3 aliphatic carbocycles. The molecule has 30 heavy (non-hydrogen) atoms. The summed E-state index contributed by atoms with van der Waals surface area (Å²) in [5, 5.41) is 3.61. The van der Waals surface area contributed by atoms with Gasteiger partial charge in [0.25, 0.3) is 0 Å². The molecule has 0 amide bonds. The van der Waals surface area contributed by atoms with Gasteiger partial charge < -0.3 is 5.32 Å². The number of anilines is 2. The van der Waals surface area contributed by atoms with Crippen molar-refractivity contribution in [3.63, 3.8) is 0 Å². The van der Waals surface area contributed by atoms with Crippen LogP contribution >= 0.6 is 0 Å². The summed E-state index contributed by atoms with van der Waals surface area (Å²) >= 11 is 0. The molecule has 0 spiro atoms. The highest BCUT2D eigenvalue weighted by Gasteiger charge is 2.36. The van der Waals surface area contributed by atoms with Gasteiger partial charge in [-0.25, -0.2) is 0 Å². The van der Waals surface area contributed by atoms with Crippen LogP contribution in [-0.4, -0.2) is 0 Å². The number of hydrogen-bond acceptors (Lipinski definition) is 1. The van der Waals surface area contributed by atoms with Gasteiger partial charge in [-0.3, -0.25) is 0 Å². The molecule has 1 heteroatoms. The third-order valence-electron chi connectivity index (χ3n) is 6.38. The van der Waals surface area contributed by atoms with Crippen LogP contribution in [0.1, 0.15) is 43.4 Å². The zero-order chi connectivity index (χ0) is 20.6. The third kappa shape index (κ3) is 3.31. The Labute approximate surface area is 179 Å². The van der Waals surface area contributed by atoms with Crippen LogP contribution in [0.15, 0.2) is 103 Å². The number of rotatable bonds is 3. The summed E-state index contributed by atoms with van der Waals surface area (Å²) in [6.45, 7) is 4.70. The molecule has 1 nitrogen and oxygen atoms in total. The van der Waals surface area contributed by atoms with Crippen molar-refractivity contribution in [3.05, 3.63) is 119 Å². The lowest BCUT2D eigenvalue weighted by atomic mass is 9.80. The highest BCUT2D eigenvalue weighted by Crippen LogP contribution is 2.49. The molecule has 0 saturated carbocycles. The van der Waals surface area contributed by atoms with Gasteiger partial charge >= 0.3 is 0 Å². The molecule has 0 aliphatic heterocycles. The number of nitrogens with one attached hydrogen (secondary N) is 1. The van der Waals surface area contributed by atoms with E-state index in [1.54, 1.807) is 0 Å². The molecule has 148 valence electrons. The highest BCUT2D eigenvalue weighted by molar-refractivity contribution is 5.88. The SMILES string of the molecule is CC1(C)C2=C(C=CC=CC2)c2ccc(Nc3ccc(C4=CC=CCC=C4)cc3)cc21. The van der Waals surface area contributed by atoms with E-state index < -0.39 is 0 Å². The Kier molecular flexibility index (Phi) is 4.67. The molecule has 0 radical (unpaired) electrons. The second-order valence-corrected chi connectivity index (χ2v) is 8.66. The summed E-state index contributed by atoms with van der Waals surface area (Å²) in [6.07, 6.45) is 21.8. The van der Waals surface area contributed by atoms with Crippen LogP contribution in [0.2, 0.25) is 0 Å². The molecular formula is C29H27N. The van der Waals surface area contributed by atoms with Crippen molar-refractivity contribution < 1.29 is 0 Å². The van der Waals surface area contributed by atoms with Crippen LogP contribution in [0.25, 0.3) is 11.1 Å². The summed E-state index contributed by atoms with van der Waals surface area (Å²) in [6, 6.07) is 15.5. The molecule has 0 unspecified atom stereocenters. The van der Waals surface area contributed by atoms with Crippen LogP contribution in [-0.2, 0) is 5.41 Å². The van der Waals surface area contributed by atoms with Crippen molar-refractivity contribution in [1.82, 2.24) is 0 Å². The van der Waals surface area contributed by atoms with E-state index in [0.717, 1.165) is 24.2 Å². The average molecular weight is 390 g/mol. The lowest BCUT2D eigenvalue weighted by Crippen LogP contribution is -2.17. The molecule has 0 fully saturated rings. The van der Waals surface area contributed by atoms with Crippen molar-refractivity contribution in [2.45, 2.75) is 32.1 Å². The maximum absolute atomic E-state index is 3.61. The number of hydrogen-bond donors (Lipinski definition) is 1. The Bertz CT molecular complexity index is 1160. The second kappa shape index (κ2) is 7.50. The maximum Gasteiger partial charge on any atom is 0.0387 e. The predicted molar refractivity (Wildman–Crippen MR) is 130 cm³/mol. The third-order valence-corrected chi connectivity index (χ3v) is 6.38. The highest BCUT2D eigenvalue weighted by atomic mass is 14.9. The first-order chi connectivity index (χ1) is 14.6. The Balaban J connectivity index is 1.40.